The maximum atomic E-state index is 11.0. The molecule has 8 heteroatoms. The monoisotopic (exact) mass is 429 g/mol. The Kier molecular flexibility index (Phi) is 5.35. The van der Waals surface area contributed by atoms with E-state index in [9.17, 15) is 20.5 Å². The zero-order chi connectivity index (χ0) is 22.0. The molecule has 2 aromatic carbocycles. The van der Waals surface area contributed by atoms with Crippen LogP contribution in [0.1, 0.15) is 16.3 Å². The molecular formula is C23H15N3O4S. The van der Waals surface area contributed by atoms with Gasteiger partial charge in [-0.1, -0.05) is 42.0 Å². The zero-order valence-corrected chi connectivity index (χ0v) is 17.1. The molecule has 0 unspecified atom stereocenters. The lowest BCUT2D eigenvalue weighted by Crippen LogP contribution is -1.89. The molecule has 31 heavy (non-hydrogen) atoms. The molecule has 2 heterocycles. The number of hydrogen-bond acceptors (Lipinski definition) is 7. The first-order valence-corrected chi connectivity index (χ1v) is 10.1. The highest BCUT2D eigenvalue weighted by atomic mass is 32.1. The molecule has 7 nitrogen and oxygen atoms in total. The van der Waals surface area contributed by atoms with E-state index < -0.39 is 4.92 Å². The third kappa shape index (κ3) is 4.08. The van der Waals surface area contributed by atoms with Gasteiger partial charge in [0, 0.05) is 28.6 Å². The van der Waals surface area contributed by atoms with Gasteiger partial charge in [-0.3, -0.25) is 10.1 Å². The first kappa shape index (κ1) is 20.1. The van der Waals surface area contributed by atoms with Crippen LogP contribution in [0.4, 0.5) is 5.69 Å². The van der Waals surface area contributed by atoms with Gasteiger partial charge < -0.3 is 9.52 Å². The Morgan fingerprint density at radius 3 is 2.65 bits per heavy atom. The molecule has 0 aliphatic heterocycles. The second kappa shape index (κ2) is 8.26. The largest absolute Gasteiger partial charge is 0.503 e. The summed E-state index contributed by atoms with van der Waals surface area (Å²) in [6.07, 6.45) is 0. The number of hydrogen-bond donors (Lipinski definition) is 1. The molecule has 0 saturated heterocycles. The Morgan fingerprint density at radius 2 is 1.94 bits per heavy atom. The lowest BCUT2D eigenvalue weighted by molar-refractivity contribution is -0.384. The number of aliphatic hydroxyl groups excluding tert-OH is 1. The standard InChI is InChI=1S/C23H15N3O4S/c1-14-5-7-15(8-6-14)19-13-31-23(25-19)18(12-24)22(27)21-10-9-20(30-21)16-3-2-4-17(11-16)26(28)29/h2-11,13,27H,1H3/b22-18-. The summed E-state index contributed by atoms with van der Waals surface area (Å²) in [6.45, 7) is 2.00. The second-order valence-corrected chi connectivity index (χ2v) is 7.57. The molecule has 0 radical (unpaired) electrons. The van der Waals surface area contributed by atoms with Crippen molar-refractivity contribution in [1.82, 2.24) is 4.98 Å². The summed E-state index contributed by atoms with van der Waals surface area (Å²) in [5.74, 6) is 0.0659. The molecule has 0 spiro atoms. The Hall–Kier alpha value is -4.22. The van der Waals surface area contributed by atoms with Crippen LogP contribution < -0.4 is 0 Å². The van der Waals surface area contributed by atoms with Crippen LogP contribution in [0.5, 0.6) is 0 Å². The molecule has 0 aliphatic rings. The van der Waals surface area contributed by atoms with E-state index in [1.54, 1.807) is 18.2 Å². The normalized spacial score (nSPS) is 11.6. The van der Waals surface area contributed by atoms with Crippen LogP contribution in [0.3, 0.4) is 0 Å². The molecule has 4 aromatic rings. The van der Waals surface area contributed by atoms with E-state index in [0.717, 1.165) is 11.1 Å². The first-order chi connectivity index (χ1) is 15.0. The van der Waals surface area contributed by atoms with Crippen LogP contribution in [0, 0.1) is 28.4 Å². The lowest BCUT2D eigenvalue weighted by Gasteiger charge is -2.00. The van der Waals surface area contributed by atoms with Gasteiger partial charge in [0.15, 0.2) is 11.5 Å². The highest BCUT2D eigenvalue weighted by Gasteiger charge is 2.19. The molecule has 0 amide bonds. The van der Waals surface area contributed by atoms with Crippen molar-refractivity contribution >= 4 is 28.4 Å². The Bertz CT molecular complexity index is 1340. The lowest BCUT2D eigenvalue weighted by atomic mass is 10.1. The number of allylic oxidation sites excluding steroid dienone is 1. The third-order valence-corrected chi connectivity index (χ3v) is 5.45. The molecule has 152 valence electrons. The van der Waals surface area contributed by atoms with Crippen LogP contribution in [-0.4, -0.2) is 15.0 Å². The average Bonchev–Trinajstić information content (AvgIpc) is 3.45. The molecule has 4 rings (SSSR count). The predicted octanol–water partition coefficient (Wildman–Crippen LogP) is 6.24. The van der Waals surface area contributed by atoms with Gasteiger partial charge in [0.2, 0.25) is 0 Å². The van der Waals surface area contributed by atoms with E-state index in [-0.39, 0.29) is 22.8 Å². The number of nitrogens with zero attached hydrogens (tertiary/aromatic N) is 3. The van der Waals surface area contributed by atoms with E-state index in [2.05, 4.69) is 4.98 Å². The number of nitro groups is 1. The van der Waals surface area contributed by atoms with Gasteiger partial charge in [0.25, 0.3) is 5.69 Å². The highest BCUT2D eigenvalue weighted by Crippen LogP contribution is 2.33. The SMILES string of the molecule is Cc1ccc(-c2csc(/C(C#N)=C(\O)c3ccc(-c4cccc([N+](=O)[O-])c4)o3)n2)cc1. The van der Waals surface area contributed by atoms with Crippen molar-refractivity contribution in [2.24, 2.45) is 0 Å². The fraction of sp³-hybridized carbons (Fsp3) is 0.0435. The minimum Gasteiger partial charge on any atom is -0.503 e. The number of nitriles is 1. The predicted molar refractivity (Wildman–Crippen MR) is 118 cm³/mol. The van der Waals surface area contributed by atoms with E-state index in [1.165, 1.54) is 29.5 Å². The van der Waals surface area contributed by atoms with Gasteiger partial charge in [0.05, 0.1) is 10.6 Å². The quantitative estimate of drug-likeness (QED) is 0.174. The Labute approximate surface area is 181 Å². The maximum Gasteiger partial charge on any atom is 0.270 e. The van der Waals surface area contributed by atoms with Gasteiger partial charge in [-0.25, -0.2) is 4.98 Å². The van der Waals surface area contributed by atoms with Crippen molar-refractivity contribution in [3.05, 3.63) is 92.5 Å². The number of thiazole rings is 1. The van der Waals surface area contributed by atoms with Gasteiger partial charge in [0.1, 0.15) is 22.4 Å². The molecule has 0 fully saturated rings. The minimum absolute atomic E-state index is 0.0108. The van der Waals surface area contributed by atoms with Crippen LogP contribution in [0.25, 0.3) is 33.9 Å². The zero-order valence-electron chi connectivity index (χ0n) is 16.3. The smallest absolute Gasteiger partial charge is 0.270 e. The summed E-state index contributed by atoms with van der Waals surface area (Å²) < 4.78 is 5.67. The van der Waals surface area contributed by atoms with Gasteiger partial charge in [-0.05, 0) is 19.1 Å². The van der Waals surface area contributed by atoms with Crippen molar-refractivity contribution < 1.29 is 14.4 Å². The number of benzene rings is 2. The third-order valence-electron chi connectivity index (χ3n) is 4.59. The molecule has 2 aromatic heterocycles. The minimum atomic E-state index is -0.493. The highest BCUT2D eigenvalue weighted by molar-refractivity contribution is 7.11. The van der Waals surface area contributed by atoms with E-state index in [0.29, 0.717) is 22.0 Å². The molecule has 0 aliphatic carbocycles. The molecule has 0 atom stereocenters. The molecular weight excluding hydrogens is 414 g/mol. The molecule has 0 saturated carbocycles. The number of rotatable bonds is 5. The van der Waals surface area contributed by atoms with Gasteiger partial charge in [-0.2, -0.15) is 5.26 Å². The Morgan fingerprint density at radius 1 is 1.16 bits per heavy atom. The number of nitro benzene ring substituents is 1. The fourth-order valence-electron chi connectivity index (χ4n) is 2.96. The number of aryl methyl sites for hydroxylation is 1. The summed E-state index contributed by atoms with van der Waals surface area (Å²) in [6, 6.07) is 18.9. The first-order valence-electron chi connectivity index (χ1n) is 9.17. The topological polar surface area (TPSA) is 113 Å². The number of non-ortho nitro benzene ring substituents is 1. The number of furan rings is 1. The van der Waals surface area contributed by atoms with Crippen molar-refractivity contribution in [3.8, 4) is 28.7 Å². The van der Waals surface area contributed by atoms with Crippen molar-refractivity contribution in [3.63, 3.8) is 0 Å². The van der Waals surface area contributed by atoms with Crippen molar-refractivity contribution in [1.29, 1.82) is 5.26 Å². The van der Waals surface area contributed by atoms with Gasteiger partial charge in [-0.15, -0.1) is 11.3 Å². The number of aliphatic hydroxyl groups is 1. The average molecular weight is 429 g/mol. The summed E-state index contributed by atoms with van der Waals surface area (Å²) in [4.78, 5) is 15.0. The molecule has 0 bridgehead atoms. The second-order valence-electron chi connectivity index (χ2n) is 6.71. The van der Waals surface area contributed by atoms with Crippen LogP contribution in [-0.2, 0) is 0 Å². The summed E-state index contributed by atoms with van der Waals surface area (Å²) in [7, 11) is 0. The van der Waals surface area contributed by atoms with Crippen LogP contribution in [0.2, 0.25) is 0 Å². The Balaban J connectivity index is 1.67. The van der Waals surface area contributed by atoms with Gasteiger partial charge >= 0.3 is 0 Å². The fourth-order valence-corrected chi connectivity index (χ4v) is 3.79. The van der Waals surface area contributed by atoms with Crippen LogP contribution >= 0.6 is 11.3 Å². The molecule has 1 N–H and O–H groups in total. The maximum absolute atomic E-state index is 11.0. The summed E-state index contributed by atoms with van der Waals surface area (Å²) in [5, 5.41) is 33.5. The van der Waals surface area contributed by atoms with Crippen LogP contribution in [0.15, 0.2) is 70.5 Å². The summed E-state index contributed by atoms with van der Waals surface area (Å²) in [5.41, 5.74) is 3.16. The van der Waals surface area contributed by atoms with E-state index in [4.69, 9.17) is 4.42 Å². The van der Waals surface area contributed by atoms with Crippen molar-refractivity contribution in [2.45, 2.75) is 6.92 Å². The van der Waals surface area contributed by atoms with E-state index in [1.807, 2.05) is 42.6 Å². The summed E-state index contributed by atoms with van der Waals surface area (Å²) >= 11 is 1.24. The van der Waals surface area contributed by atoms with E-state index >= 15 is 0 Å². The van der Waals surface area contributed by atoms with Crippen molar-refractivity contribution in [2.75, 3.05) is 0 Å². The number of aromatic nitrogens is 1.